The summed E-state index contributed by atoms with van der Waals surface area (Å²) in [6.45, 7) is 6.05. The number of likely N-dealkylation sites (tertiary alicyclic amines) is 1. The molecule has 1 saturated heterocycles. The molecule has 0 saturated carbocycles. The van der Waals surface area contributed by atoms with Crippen LogP contribution in [0.5, 0.6) is 0 Å². The van der Waals surface area contributed by atoms with Crippen molar-refractivity contribution in [1.29, 1.82) is 0 Å². The fourth-order valence-corrected chi connectivity index (χ4v) is 4.39. The molecule has 166 valence electrons. The molecule has 0 bridgehead atoms. The van der Waals surface area contributed by atoms with E-state index in [2.05, 4.69) is 60.5 Å². The molecular formula is C26H29FN4O. The van der Waals surface area contributed by atoms with Crippen molar-refractivity contribution in [2.24, 2.45) is 5.73 Å². The van der Waals surface area contributed by atoms with Crippen LogP contribution in [-0.2, 0) is 6.54 Å². The lowest BCUT2D eigenvalue weighted by Gasteiger charge is -2.19. The molecule has 0 aliphatic carbocycles. The van der Waals surface area contributed by atoms with Crippen LogP contribution in [0.2, 0.25) is 0 Å². The predicted molar refractivity (Wildman–Crippen MR) is 126 cm³/mol. The van der Waals surface area contributed by atoms with E-state index in [0.717, 1.165) is 29.6 Å². The number of nitrogens with one attached hydrogen (secondary N) is 1. The van der Waals surface area contributed by atoms with Crippen LogP contribution >= 0.6 is 0 Å². The maximum Gasteiger partial charge on any atom is 0.272 e. The van der Waals surface area contributed by atoms with Gasteiger partial charge < -0.3 is 16.0 Å². The van der Waals surface area contributed by atoms with Gasteiger partial charge in [-0.2, -0.15) is 0 Å². The number of aromatic nitrogens is 1. The summed E-state index contributed by atoms with van der Waals surface area (Å²) in [6.07, 6.45) is 1.94. The minimum absolute atomic E-state index is 0.162. The second-order valence-corrected chi connectivity index (χ2v) is 8.58. The third kappa shape index (κ3) is 4.65. The second-order valence-electron chi connectivity index (χ2n) is 8.58. The van der Waals surface area contributed by atoms with E-state index in [-0.39, 0.29) is 17.5 Å². The van der Waals surface area contributed by atoms with Gasteiger partial charge in [-0.05, 0) is 59.4 Å². The molecule has 5 nitrogen and oxygen atoms in total. The first-order valence-corrected chi connectivity index (χ1v) is 11.1. The number of hydrogen-bond acceptors (Lipinski definition) is 4. The van der Waals surface area contributed by atoms with E-state index in [1.807, 2.05) is 6.07 Å². The molecule has 1 unspecified atom stereocenters. The number of rotatable bonds is 6. The summed E-state index contributed by atoms with van der Waals surface area (Å²) in [6, 6.07) is 17.3. The van der Waals surface area contributed by atoms with Crippen molar-refractivity contribution in [2.45, 2.75) is 38.6 Å². The Morgan fingerprint density at radius 1 is 1.22 bits per heavy atom. The van der Waals surface area contributed by atoms with E-state index in [1.165, 1.54) is 23.3 Å². The highest BCUT2D eigenvalue weighted by atomic mass is 19.1. The Morgan fingerprint density at radius 3 is 2.75 bits per heavy atom. The summed E-state index contributed by atoms with van der Waals surface area (Å²) >= 11 is 0. The molecule has 1 fully saturated rings. The zero-order valence-electron chi connectivity index (χ0n) is 18.5. The van der Waals surface area contributed by atoms with Crippen LogP contribution in [0.1, 0.15) is 59.3 Å². The summed E-state index contributed by atoms with van der Waals surface area (Å²) in [5, 5.41) is 3.54. The van der Waals surface area contributed by atoms with Crippen LogP contribution in [0.4, 0.5) is 15.8 Å². The van der Waals surface area contributed by atoms with Crippen molar-refractivity contribution in [3.05, 3.63) is 89.0 Å². The molecule has 1 aromatic heterocycles. The molecule has 2 aromatic carbocycles. The maximum absolute atomic E-state index is 13.1. The summed E-state index contributed by atoms with van der Waals surface area (Å²) in [5.41, 5.74) is 12.0. The normalized spacial score (nSPS) is 15.9. The monoisotopic (exact) mass is 432 g/mol. The van der Waals surface area contributed by atoms with E-state index in [1.54, 1.807) is 4.90 Å². The molecule has 3 aromatic rings. The van der Waals surface area contributed by atoms with Gasteiger partial charge >= 0.3 is 0 Å². The van der Waals surface area contributed by atoms with Crippen molar-refractivity contribution in [3.63, 3.8) is 0 Å². The predicted octanol–water partition coefficient (Wildman–Crippen LogP) is 5.18. The minimum Gasteiger partial charge on any atom is -0.355 e. The van der Waals surface area contributed by atoms with Gasteiger partial charge in [0.2, 0.25) is 0 Å². The fraction of sp³-hybridized carbons (Fsp3) is 0.308. The highest BCUT2D eigenvalue weighted by Gasteiger charge is 2.29. The standard InChI is InChI=1S/C26H29FN4O/c1-17(2)22-5-3-4-6-24(22)30-21-8-9-23(19(13-21)14-28)18-11-12-31(16-18)26(32)25-10-7-20(27)15-29-25/h3-10,13,15,17-18,30H,11-12,14,16,28H2,1-2H3. The maximum atomic E-state index is 13.1. The number of amides is 1. The van der Waals surface area contributed by atoms with Gasteiger partial charge in [-0.1, -0.05) is 38.1 Å². The van der Waals surface area contributed by atoms with E-state index >= 15 is 0 Å². The van der Waals surface area contributed by atoms with Crippen LogP contribution in [-0.4, -0.2) is 28.9 Å². The number of carbonyl (C=O) groups excluding carboxylic acids is 1. The average molecular weight is 433 g/mol. The first kappa shape index (κ1) is 22.0. The van der Waals surface area contributed by atoms with Gasteiger partial charge in [-0.3, -0.25) is 4.79 Å². The number of carbonyl (C=O) groups is 1. The second kappa shape index (κ2) is 9.49. The van der Waals surface area contributed by atoms with Crippen LogP contribution in [0.25, 0.3) is 0 Å². The average Bonchev–Trinajstić information content (AvgIpc) is 3.29. The molecule has 32 heavy (non-hydrogen) atoms. The molecular weight excluding hydrogens is 403 g/mol. The molecule has 6 heteroatoms. The topological polar surface area (TPSA) is 71.2 Å². The minimum atomic E-state index is -0.446. The third-order valence-corrected chi connectivity index (χ3v) is 6.09. The van der Waals surface area contributed by atoms with Gasteiger partial charge in [0, 0.05) is 36.9 Å². The van der Waals surface area contributed by atoms with Gasteiger partial charge in [0.05, 0.1) is 6.20 Å². The summed E-state index contributed by atoms with van der Waals surface area (Å²) in [7, 11) is 0. The summed E-state index contributed by atoms with van der Waals surface area (Å²) in [5.74, 6) is 0.0306. The van der Waals surface area contributed by atoms with Crippen LogP contribution in [0.15, 0.2) is 60.8 Å². The van der Waals surface area contributed by atoms with Crippen molar-refractivity contribution >= 4 is 17.3 Å². The molecule has 2 heterocycles. The van der Waals surface area contributed by atoms with Gasteiger partial charge in [0.25, 0.3) is 5.91 Å². The third-order valence-electron chi connectivity index (χ3n) is 6.09. The van der Waals surface area contributed by atoms with Crippen molar-refractivity contribution in [1.82, 2.24) is 9.88 Å². The lowest BCUT2D eigenvalue weighted by molar-refractivity contribution is 0.0785. The number of nitrogens with two attached hydrogens (primary N) is 1. The quantitative estimate of drug-likeness (QED) is 0.563. The number of halogens is 1. The Labute approximate surface area is 188 Å². The smallest absolute Gasteiger partial charge is 0.272 e. The number of nitrogens with zero attached hydrogens (tertiary/aromatic N) is 2. The highest BCUT2D eigenvalue weighted by Crippen LogP contribution is 2.33. The molecule has 4 rings (SSSR count). The zero-order valence-corrected chi connectivity index (χ0v) is 18.5. The lowest BCUT2D eigenvalue weighted by Crippen LogP contribution is -2.29. The first-order chi connectivity index (χ1) is 15.5. The Bertz CT molecular complexity index is 1100. The number of hydrogen-bond donors (Lipinski definition) is 2. The highest BCUT2D eigenvalue weighted by molar-refractivity contribution is 5.92. The molecule has 1 amide bonds. The molecule has 1 aliphatic rings. The van der Waals surface area contributed by atoms with Crippen molar-refractivity contribution < 1.29 is 9.18 Å². The van der Waals surface area contributed by atoms with E-state index in [4.69, 9.17) is 5.73 Å². The number of pyridine rings is 1. The van der Waals surface area contributed by atoms with E-state index in [0.29, 0.717) is 25.6 Å². The largest absolute Gasteiger partial charge is 0.355 e. The Morgan fingerprint density at radius 2 is 2.03 bits per heavy atom. The number of anilines is 2. The fourth-order valence-electron chi connectivity index (χ4n) is 4.39. The Kier molecular flexibility index (Phi) is 6.51. The molecule has 0 radical (unpaired) electrons. The van der Waals surface area contributed by atoms with Gasteiger partial charge in [0.15, 0.2) is 0 Å². The van der Waals surface area contributed by atoms with Crippen molar-refractivity contribution in [3.8, 4) is 0 Å². The molecule has 0 spiro atoms. The SMILES string of the molecule is CC(C)c1ccccc1Nc1ccc(C2CCN(C(=O)c3ccc(F)cn3)C2)c(CN)c1. The van der Waals surface area contributed by atoms with Gasteiger partial charge in [-0.25, -0.2) is 9.37 Å². The molecule has 1 aliphatic heterocycles. The van der Waals surface area contributed by atoms with Crippen molar-refractivity contribution in [2.75, 3.05) is 18.4 Å². The van der Waals surface area contributed by atoms with E-state index in [9.17, 15) is 9.18 Å². The summed E-state index contributed by atoms with van der Waals surface area (Å²) < 4.78 is 13.1. The number of para-hydroxylation sites is 1. The molecule has 3 N–H and O–H groups in total. The van der Waals surface area contributed by atoms with Crippen LogP contribution in [0, 0.1) is 5.82 Å². The van der Waals surface area contributed by atoms with Crippen LogP contribution in [0.3, 0.4) is 0 Å². The molecule has 1 atom stereocenters. The first-order valence-electron chi connectivity index (χ1n) is 11.1. The zero-order chi connectivity index (χ0) is 22.7. The Hall–Kier alpha value is -3.25. The Balaban J connectivity index is 1.50. The van der Waals surface area contributed by atoms with Crippen LogP contribution < -0.4 is 11.1 Å². The number of benzene rings is 2. The van der Waals surface area contributed by atoms with Gasteiger partial charge in [0.1, 0.15) is 11.5 Å². The van der Waals surface area contributed by atoms with E-state index < -0.39 is 5.82 Å². The summed E-state index contributed by atoms with van der Waals surface area (Å²) in [4.78, 5) is 18.5. The lowest BCUT2D eigenvalue weighted by atomic mass is 9.93. The van der Waals surface area contributed by atoms with Gasteiger partial charge in [-0.15, -0.1) is 0 Å².